The largest absolute Gasteiger partial charge is 0.343 e. The molecule has 1 saturated heterocycles. The highest BCUT2D eigenvalue weighted by atomic mass is 16.2. The first-order valence-electron chi connectivity index (χ1n) is 11.3. The number of amides is 1. The van der Waals surface area contributed by atoms with Gasteiger partial charge in [-0.15, -0.1) is 0 Å². The topological polar surface area (TPSA) is 20.3 Å². The highest BCUT2D eigenvalue weighted by Crippen LogP contribution is 2.13. The van der Waals surface area contributed by atoms with Crippen LogP contribution in [0.15, 0.2) is 12.2 Å². The number of carbonyl (C=O) groups is 1. The van der Waals surface area contributed by atoms with Crippen LogP contribution in [0.1, 0.15) is 116 Å². The maximum absolute atomic E-state index is 12.2. The third kappa shape index (κ3) is 13.1. The molecular formula is C23H43NO. The Morgan fingerprint density at radius 2 is 1.24 bits per heavy atom. The number of likely N-dealkylation sites (tertiary alicyclic amines) is 1. The van der Waals surface area contributed by atoms with Crippen LogP contribution in [0.3, 0.4) is 0 Å². The molecule has 0 aromatic heterocycles. The lowest BCUT2D eigenvalue weighted by atomic mass is 10.1. The van der Waals surface area contributed by atoms with Crippen molar-refractivity contribution in [2.24, 2.45) is 0 Å². The molecule has 1 aliphatic rings. The number of rotatable bonds is 14. The standard InChI is InChI=1S/C23H43NO/c1-2-3-4-5-6-7-8-9-10-11-12-13-14-17-20-23(25)24-21-18-15-16-19-22-24/h13-14H,2-12,15-22H2,1H3. The average Bonchev–Trinajstić information content (AvgIpc) is 2.91. The van der Waals surface area contributed by atoms with Gasteiger partial charge in [0.1, 0.15) is 0 Å². The maximum Gasteiger partial charge on any atom is 0.222 e. The summed E-state index contributed by atoms with van der Waals surface area (Å²) in [6.07, 6.45) is 26.3. The maximum atomic E-state index is 12.2. The average molecular weight is 350 g/mol. The molecule has 1 rings (SSSR count). The van der Waals surface area contributed by atoms with Crippen LogP contribution in [0, 0.1) is 0 Å². The van der Waals surface area contributed by atoms with Gasteiger partial charge in [0, 0.05) is 19.5 Å². The van der Waals surface area contributed by atoms with Crippen molar-refractivity contribution in [1.82, 2.24) is 4.90 Å². The summed E-state index contributed by atoms with van der Waals surface area (Å²) in [4.78, 5) is 14.2. The van der Waals surface area contributed by atoms with Crippen molar-refractivity contribution in [1.29, 1.82) is 0 Å². The molecule has 0 spiro atoms. The van der Waals surface area contributed by atoms with Gasteiger partial charge in [0.05, 0.1) is 0 Å². The Bertz CT molecular complexity index is 329. The Labute approximate surface area is 157 Å². The van der Waals surface area contributed by atoms with Crippen molar-refractivity contribution in [3.63, 3.8) is 0 Å². The van der Waals surface area contributed by atoms with Crippen molar-refractivity contribution in [2.75, 3.05) is 13.1 Å². The number of hydrogen-bond acceptors (Lipinski definition) is 1. The second kappa shape index (κ2) is 16.7. The lowest BCUT2D eigenvalue weighted by molar-refractivity contribution is -0.131. The van der Waals surface area contributed by atoms with Crippen LogP contribution >= 0.6 is 0 Å². The Kier molecular flexibility index (Phi) is 14.8. The number of allylic oxidation sites excluding steroid dienone is 2. The monoisotopic (exact) mass is 349 g/mol. The third-order valence-corrected chi connectivity index (χ3v) is 5.37. The zero-order valence-corrected chi connectivity index (χ0v) is 16.9. The van der Waals surface area contributed by atoms with Gasteiger partial charge in [0.2, 0.25) is 5.91 Å². The van der Waals surface area contributed by atoms with Gasteiger partial charge in [-0.05, 0) is 32.1 Å². The molecule has 0 atom stereocenters. The van der Waals surface area contributed by atoms with Gasteiger partial charge in [0.15, 0.2) is 0 Å². The van der Waals surface area contributed by atoms with E-state index in [4.69, 9.17) is 0 Å². The van der Waals surface area contributed by atoms with Gasteiger partial charge in [0.25, 0.3) is 0 Å². The highest BCUT2D eigenvalue weighted by molar-refractivity contribution is 5.76. The van der Waals surface area contributed by atoms with Crippen LogP contribution in [0.2, 0.25) is 0 Å². The molecule has 0 bridgehead atoms. The summed E-state index contributed by atoms with van der Waals surface area (Å²) in [7, 11) is 0. The lowest BCUT2D eigenvalue weighted by Gasteiger charge is -2.19. The zero-order valence-electron chi connectivity index (χ0n) is 16.9. The second-order valence-corrected chi connectivity index (χ2v) is 7.78. The quantitative estimate of drug-likeness (QED) is 0.243. The summed E-state index contributed by atoms with van der Waals surface area (Å²) in [6, 6.07) is 0. The van der Waals surface area contributed by atoms with Gasteiger partial charge in [-0.2, -0.15) is 0 Å². The Balaban J connectivity index is 1.85. The minimum Gasteiger partial charge on any atom is -0.343 e. The van der Waals surface area contributed by atoms with Crippen molar-refractivity contribution in [2.45, 2.75) is 116 Å². The SMILES string of the molecule is CCCCCCCCCCCCC=CCCC(=O)N1CCCCCC1. The normalized spacial score (nSPS) is 15.6. The van der Waals surface area contributed by atoms with Gasteiger partial charge in [-0.3, -0.25) is 4.79 Å². The molecule has 2 nitrogen and oxygen atoms in total. The molecule has 1 fully saturated rings. The van der Waals surface area contributed by atoms with Crippen molar-refractivity contribution in [3.8, 4) is 0 Å². The van der Waals surface area contributed by atoms with Crippen LogP contribution in [0.25, 0.3) is 0 Å². The molecule has 1 amide bonds. The molecule has 0 radical (unpaired) electrons. The smallest absolute Gasteiger partial charge is 0.222 e. The number of unbranched alkanes of at least 4 members (excludes halogenated alkanes) is 10. The predicted molar refractivity (Wildman–Crippen MR) is 110 cm³/mol. The van der Waals surface area contributed by atoms with E-state index < -0.39 is 0 Å². The van der Waals surface area contributed by atoms with Gasteiger partial charge >= 0.3 is 0 Å². The summed E-state index contributed by atoms with van der Waals surface area (Å²) >= 11 is 0. The first-order chi connectivity index (χ1) is 12.3. The Morgan fingerprint density at radius 1 is 0.720 bits per heavy atom. The first-order valence-corrected chi connectivity index (χ1v) is 11.3. The fourth-order valence-electron chi connectivity index (χ4n) is 3.67. The van der Waals surface area contributed by atoms with Gasteiger partial charge in [-0.1, -0.05) is 89.7 Å². The molecule has 146 valence electrons. The third-order valence-electron chi connectivity index (χ3n) is 5.37. The van der Waals surface area contributed by atoms with Crippen molar-refractivity contribution in [3.05, 3.63) is 12.2 Å². The molecule has 0 aromatic rings. The molecule has 1 aliphatic heterocycles. The van der Waals surface area contributed by atoms with E-state index in [0.717, 1.165) is 19.5 Å². The summed E-state index contributed by atoms with van der Waals surface area (Å²) in [5, 5.41) is 0. The predicted octanol–water partition coefficient (Wildman–Crippen LogP) is 7.04. The molecule has 0 saturated carbocycles. The van der Waals surface area contributed by atoms with Gasteiger partial charge in [-0.25, -0.2) is 0 Å². The van der Waals surface area contributed by atoms with Crippen LogP contribution in [0.5, 0.6) is 0 Å². The number of nitrogens with zero attached hydrogens (tertiary/aromatic N) is 1. The molecule has 25 heavy (non-hydrogen) atoms. The molecule has 0 aromatic carbocycles. The molecule has 2 heteroatoms. The summed E-state index contributed by atoms with van der Waals surface area (Å²) in [5.74, 6) is 0.366. The number of carbonyl (C=O) groups excluding carboxylic acids is 1. The van der Waals surface area contributed by atoms with E-state index in [1.165, 1.54) is 96.3 Å². The van der Waals surface area contributed by atoms with Crippen LogP contribution in [0.4, 0.5) is 0 Å². The minimum atomic E-state index is 0.366. The Hall–Kier alpha value is -0.790. The van der Waals surface area contributed by atoms with Crippen LogP contribution in [-0.2, 0) is 4.79 Å². The second-order valence-electron chi connectivity index (χ2n) is 7.78. The molecule has 0 unspecified atom stereocenters. The van der Waals surface area contributed by atoms with E-state index in [9.17, 15) is 4.79 Å². The molecule has 1 heterocycles. The first kappa shape index (κ1) is 22.3. The highest BCUT2D eigenvalue weighted by Gasteiger charge is 2.13. The summed E-state index contributed by atoms with van der Waals surface area (Å²) < 4.78 is 0. The zero-order chi connectivity index (χ0) is 18.0. The molecule has 0 N–H and O–H groups in total. The molecule has 0 aliphatic carbocycles. The van der Waals surface area contributed by atoms with Crippen molar-refractivity contribution >= 4 is 5.91 Å². The number of hydrogen-bond donors (Lipinski definition) is 0. The summed E-state index contributed by atoms with van der Waals surface area (Å²) in [5.41, 5.74) is 0. The summed E-state index contributed by atoms with van der Waals surface area (Å²) in [6.45, 7) is 4.25. The van der Waals surface area contributed by atoms with E-state index in [1.54, 1.807) is 0 Å². The van der Waals surface area contributed by atoms with E-state index in [2.05, 4.69) is 24.0 Å². The van der Waals surface area contributed by atoms with E-state index in [1.807, 2.05) is 0 Å². The van der Waals surface area contributed by atoms with E-state index in [0.29, 0.717) is 12.3 Å². The van der Waals surface area contributed by atoms with Crippen molar-refractivity contribution < 1.29 is 4.79 Å². The Morgan fingerprint density at radius 3 is 1.84 bits per heavy atom. The molecular weight excluding hydrogens is 306 g/mol. The van der Waals surface area contributed by atoms with Gasteiger partial charge < -0.3 is 4.90 Å². The minimum absolute atomic E-state index is 0.366. The van der Waals surface area contributed by atoms with E-state index >= 15 is 0 Å². The van der Waals surface area contributed by atoms with Crippen LogP contribution < -0.4 is 0 Å². The van der Waals surface area contributed by atoms with E-state index in [-0.39, 0.29) is 0 Å². The fourth-order valence-corrected chi connectivity index (χ4v) is 3.67. The fraction of sp³-hybridized carbons (Fsp3) is 0.870. The lowest BCUT2D eigenvalue weighted by Crippen LogP contribution is -2.31. The van der Waals surface area contributed by atoms with Crippen LogP contribution in [-0.4, -0.2) is 23.9 Å².